The fourth-order valence-corrected chi connectivity index (χ4v) is 1.75. The molecule has 1 rings (SSSR count). The summed E-state index contributed by atoms with van der Waals surface area (Å²) in [4.78, 5) is 24.9. The van der Waals surface area contributed by atoms with E-state index in [9.17, 15) is 9.59 Å². The van der Waals surface area contributed by atoms with Gasteiger partial charge < -0.3 is 25.2 Å². The molecule has 0 bridgehead atoms. The van der Waals surface area contributed by atoms with Crippen LogP contribution in [-0.2, 0) is 19.1 Å². The highest BCUT2D eigenvalue weighted by Crippen LogP contribution is 2.12. The van der Waals surface area contributed by atoms with Crippen LogP contribution in [-0.4, -0.2) is 66.4 Å². The molecule has 1 saturated heterocycles. The van der Waals surface area contributed by atoms with Crippen molar-refractivity contribution in [1.29, 1.82) is 0 Å². The predicted molar refractivity (Wildman–Crippen MR) is 62.6 cm³/mol. The Hall–Kier alpha value is -1.18. The molecule has 0 aliphatic carbocycles. The van der Waals surface area contributed by atoms with Gasteiger partial charge in [-0.25, -0.2) is 4.79 Å². The van der Waals surface area contributed by atoms with E-state index in [1.807, 2.05) is 0 Å². The summed E-state index contributed by atoms with van der Waals surface area (Å²) in [6.45, 7) is 3.98. The maximum absolute atomic E-state index is 12.0. The summed E-state index contributed by atoms with van der Waals surface area (Å²) in [6, 6.07) is -1.49. The van der Waals surface area contributed by atoms with Crippen LogP contribution < -0.4 is 5.73 Å². The molecule has 1 aliphatic heterocycles. The maximum Gasteiger partial charge on any atom is 0.332 e. The van der Waals surface area contributed by atoms with E-state index in [1.54, 1.807) is 13.8 Å². The monoisotopic (exact) mass is 260 g/mol. The van der Waals surface area contributed by atoms with E-state index in [0.717, 1.165) is 0 Å². The zero-order valence-electron chi connectivity index (χ0n) is 10.7. The lowest BCUT2D eigenvalue weighted by molar-refractivity contribution is -0.157. The average Bonchev–Trinajstić information content (AvgIpc) is 2.38. The van der Waals surface area contributed by atoms with Crippen molar-refractivity contribution in [2.75, 3.05) is 26.4 Å². The first kappa shape index (κ1) is 14.9. The van der Waals surface area contributed by atoms with E-state index in [-0.39, 0.29) is 25.8 Å². The quantitative estimate of drug-likeness (QED) is 0.470. The van der Waals surface area contributed by atoms with Crippen molar-refractivity contribution in [2.24, 2.45) is 5.73 Å². The van der Waals surface area contributed by atoms with Gasteiger partial charge in [0.25, 0.3) is 5.91 Å². The number of ether oxygens (including phenoxy) is 2. The molecule has 0 saturated carbocycles. The first-order valence-electron chi connectivity index (χ1n) is 5.96. The number of morpholine rings is 1. The lowest BCUT2D eigenvalue weighted by Crippen LogP contribution is -2.58. The molecule has 0 aromatic rings. The molecule has 1 heterocycles. The number of aliphatic hydroxyl groups excluding tert-OH is 1. The molecule has 1 amide bonds. The lowest BCUT2D eigenvalue weighted by Gasteiger charge is -2.38. The number of nitrogens with zero attached hydrogens (tertiary/aromatic N) is 1. The average molecular weight is 260 g/mol. The van der Waals surface area contributed by atoms with Crippen LogP contribution in [0.3, 0.4) is 0 Å². The molecule has 18 heavy (non-hydrogen) atoms. The normalized spacial score (nSPS) is 25.7. The Kier molecular flexibility index (Phi) is 5.52. The van der Waals surface area contributed by atoms with Gasteiger partial charge in [0.1, 0.15) is 0 Å². The number of hydrogen-bond acceptors (Lipinski definition) is 6. The minimum atomic E-state index is -1.31. The van der Waals surface area contributed by atoms with Crippen LogP contribution >= 0.6 is 0 Å². The standard InChI is InChI=1S/C11H20N2O5/c1-3-17-11(16)9(12)10(15)13-4-8(5-14)18-6-7(13)2/h7-9,14H,3-6,12H2,1-2H3. The van der Waals surface area contributed by atoms with Crippen LogP contribution in [0.25, 0.3) is 0 Å². The Morgan fingerprint density at radius 1 is 1.61 bits per heavy atom. The molecule has 0 spiro atoms. The molecule has 0 radical (unpaired) electrons. The van der Waals surface area contributed by atoms with E-state index < -0.39 is 24.0 Å². The molecule has 1 aliphatic rings. The first-order chi connectivity index (χ1) is 8.51. The molecule has 3 atom stereocenters. The molecular weight excluding hydrogens is 240 g/mol. The van der Waals surface area contributed by atoms with Crippen LogP contribution in [0.5, 0.6) is 0 Å². The Morgan fingerprint density at radius 2 is 2.28 bits per heavy atom. The van der Waals surface area contributed by atoms with Crippen molar-refractivity contribution < 1.29 is 24.2 Å². The Morgan fingerprint density at radius 3 is 2.83 bits per heavy atom. The van der Waals surface area contributed by atoms with Crippen molar-refractivity contribution in [1.82, 2.24) is 4.90 Å². The number of nitrogens with two attached hydrogens (primary N) is 1. The van der Waals surface area contributed by atoms with Gasteiger partial charge in [-0.1, -0.05) is 0 Å². The van der Waals surface area contributed by atoms with Gasteiger partial charge in [0.05, 0.1) is 32.0 Å². The molecule has 3 N–H and O–H groups in total. The minimum absolute atomic E-state index is 0.175. The Bertz CT molecular complexity index is 310. The van der Waals surface area contributed by atoms with Crippen LogP contribution in [0.1, 0.15) is 13.8 Å². The highest BCUT2D eigenvalue weighted by molar-refractivity contribution is 6.01. The predicted octanol–water partition coefficient (Wildman–Crippen LogP) is -1.51. The zero-order valence-corrected chi connectivity index (χ0v) is 10.7. The summed E-state index contributed by atoms with van der Waals surface area (Å²) < 4.78 is 10.0. The summed E-state index contributed by atoms with van der Waals surface area (Å²) in [6.07, 6.45) is -0.431. The lowest BCUT2D eigenvalue weighted by atomic mass is 10.1. The minimum Gasteiger partial charge on any atom is -0.464 e. The van der Waals surface area contributed by atoms with Gasteiger partial charge in [0.2, 0.25) is 0 Å². The van der Waals surface area contributed by atoms with E-state index in [1.165, 1.54) is 4.90 Å². The van der Waals surface area contributed by atoms with Gasteiger partial charge in [0, 0.05) is 6.54 Å². The van der Waals surface area contributed by atoms with Crippen LogP contribution in [0.2, 0.25) is 0 Å². The van der Waals surface area contributed by atoms with Crippen molar-refractivity contribution >= 4 is 11.9 Å². The van der Waals surface area contributed by atoms with E-state index >= 15 is 0 Å². The van der Waals surface area contributed by atoms with Gasteiger partial charge in [-0.15, -0.1) is 0 Å². The van der Waals surface area contributed by atoms with Crippen molar-refractivity contribution in [3.05, 3.63) is 0 Å². The third-order valence-electron chi connectivity index (χ3n) is 2.80. The van der Waals surface area contributed by atoms with Gasteiger partial charge in [-0.2, -0.15) is 0 Å². The fraction of sp³-hybridized carbons (Fsp3) is 0.818. The molecule has 0 aromatic heterocycles. The van der Waals surface area contributed by atoms with E-state index in [2.05, 4.69) is 0 Å². The highest BCUT2D eigenvalue weighted by Gasteiger charge is 2.35. The summed E-state index contributed by atoms with van der Waals surface area (Å²) in [5, 5.41) is 9.02. The first-order valence-corrected chi connectivity index (χ1v) is 5.96. The van der Waals surface area contributed by atoms with Gasteiger partial charge in [0.15, 0.2) is 6.04 Å². The topological polar surface area (TPSA) is 102 Å². The molecule has 0 aromatic carbocycles. The van der Waals surface area contributed by atoms with Gasteiger partial charge in [-0.3, -0.25) is 4.79 Å². The van der Waals surface area contributed by atoms with Gasteiger partial charge >= 0.3 is 5.97 Å². The second-order valence-corrected chi connectivity index (χ2v) is 4.21. The zero-order chi connectivity index (χ0) is 13.7. The number of aliphatic hydroxyl groups is 1. The summed E-state index contributed by atoms with van der Waals surface area (Å²) in [5.41, 5.74) is 5.56. The van der Waals surface area contributed by atoms with Crippen molar-refractivity contribution in [3.8, 4) is 0 Å². The van der Waals surface area contributed by atoms with E-state index in [4.69, 9.17) is 20.3 Å². The van der Waals surface area contributed by atoms with Crippen LogP contribution in [0.15, 0.2) is 0 Å². The number of carbonyl (C=O) groups is 2. The summed E-state index contributed by atoms with van der Waals surface area (Å²) in [5.74, 6) is -1.23. The molecule has 7 heteroatoms. The van der Waals surface area contributed by atoms with E-state index in [0.29, 0.717) is 6.61 Å². The Labute approximate surface area is 106 Å². The molecule has 1 fully saturated rings. The highest BCUT2D eigenvalue weighted by atomic mass is 16.5. The van der Waals surface area contributed by atoms with Crippen molar-refractivity contribution in [3.63, 3.8) is 0 Å². The number of carbonyl (C=O) groups excluding carboxylic acids is 2. The number of rotatable bonds is 4. The Balaban J connectivity index is 2.66. The van der Waals surface area contributed by atoms with Crippen LogP contribution in [0, 0.1) is 0 Å². The second kappa shape index (κ2) is 6.67. The number of esters is 1. The molecular formula is C11H20N2O5. The van der Waals surface area contributed by atoms with Crippen LogP contribution in [0.4, 0.5) is 0 Å². The number of amides is 1. The molecule has 104 valence electrons. The third-order valence-corrected chi connectivity index (χ3v) is 2.80. The summed E-state index contributed by atoms with van der Waals surface area (Å²) in [7, 11) is 0. The second-order valence-electron chi connectivity index (χ2n) is 4.21. The SMILES string of the molecule is CCOC(=O)C(N)C(=O)N1CC(CO)OCC1C. The van der Waals surface area contributed by atoms with Crippen molar-refractivity contribution in [2.45, 2.75) is 32.0 Å². The largest absolute Gasteiger partial charge is 0.464 e. The maximum atomic E-state index is 12.0. The molecule has 7 nitrogen and oxygen atoms in total. The third kappa shape index (κ3) is 3.41. The summed E-state index contributed by atoms with van der Waals surface area (Å²) >= 11 is 0. The fourth-order valence-electron chi connectivity index (χ4n) is 1.75. The number of hydrogen-bond donors (Lipinski definition) is 2. The molecule has 3 unspecified atom stereocenters. The van der Waals surface area contributed by atoms with Gasteiger partial charge in [-0.05, 0) is 13.8 Å². The smallest absolute Gasteiger partial charge is 0.332 e.